The van der Waals surface area contributed by atoms with Crippen LogP contribution in [0.1, 0.15) is 107 Å². The fourth-order valence-corrected chi connectivity index (χ4v) is 10.4. The zero-order valence-electron chi connectivity index (χ0n) is 49.7. The lowest BCUT2D eigenvalue weighted by Gasteiger charge is -2.34. The molecule has 6 amide bonds. The Kier molecular flexibility index (Phi) is 20.1. The lowest BCUT2D eigenvalue weighted by molar-refractivity contribution is -0.150. The van der Waals surface area contributed by atoms with E-state index in [4.69, 9.17) is 28.4 Å². The van der Waals surface area contributed by atoms with E-state index in [9.17, 15) is 28.8 Å². The number of esters is 2. The Labute approximate surface area is 476 Å². The monoisotopic (exact) mass is 1150 g/mol. The molecule has 4 heterocycles. The number of aromatic nitrogens is 2. The molecule has 0 radical (unpaired) electrons. The van der Waals surface area contributed by atoms with Crippen LogP contribution in [0, 0.1) is 11.6 Å². The quantitative estimate of drug-likeness (QED) is 0.0594. The Bertz CT molecular complexity index is 2840. The van der Waals surface area contributed by atoms with Crippen LogP contribution >= 0.6 is 0 Å². The smallest absolute Gasteiger partial charge is 0.410 e. The highest BCUT2D eigenvalue weighted by Gasteiger charge is 2.47. The lowest BCUT2D eigenvalue weighted by atomic mass is 9.93. The second-order valence-corrected chi connectivity index (χ2v) is 23.2. The number of nitrogens with one attached hydrogen (secondary N) is 4. The number of methoxy groups -OCH3 is 2. The summed E-state index contributed by atoms with van der Waals surface area (Å²) in [6, 6.07) is 1.56. The predicted molar refractivity (Wildman–Crippen MR) is 298 cm³/mol. The van der Waals surface area contributed by atoms with E-state index in [1.165, 1.54) is 90.1 Å². The Morgan fingerprint density at radius 3 is 1.26 bits per heavy atom. The van der Waals surface area contributed by atoms with Crippen LogP contribution < -0.4 is 10.6 Å². The van der Waals surface area contributed by atoms with Crippen LogP contribution in [-0.2, 0) is 70.0 Å². The Hall–Kier alpha value is -7.34. The first kappa shape index (κ1) is 63.8. The van der Waals surface area contributed by atoms with Gasteiger partial charge in [-0.2, -0.15) is 0 Å². The number of hydrogen-bond donors (Lipinski definition) is 4. The topological polar surface area (TPSA) is 261 Å². The van der Waals surface area contributed by atoms with Crippen LogP contribution in [0.25, 0.3) is 33.2 Å². The number of hydrogen-bond acceptors (Lipinski definition) is 14. The molecule has 82 heavy (non-hydrogen) atoms. The van der Waals surface area contributed by atoms with Crippen LogP contribution in [0.15, 0.2) is 36.4 Å². The summed E-state index contributed by atoms with van der Waals surface area (Å²) >= 11 is 0. The van der Waals surface area contributed by atoms with Crippen LogP contribution in [0.2, 0.25) is 0 Å². The first-order valence-corrected chi connectivity index (χ1v) is 27.4. The highest BCUT2D eigenvalue weighted by Crippen LogP contribution is 2.41. The van der Waals surface area contributed by atoms with Gasteiger partial charge in [0.15, 0.2) is 0 Å². The van der Waals surface area contributed by atoms with Crippen molar-refractivity contribution in [3.63, 3.8) is 0 Å². The maximum absolute atomic E-state index is 15.3. The first-order chi connectivity index (χ1) is 38.2. The van der Waals surface area contributed by atoms with E-state index in [0.717, 1.165) is 9.80 Å². The van der Waals surface area contributed by atoms with Gasteiger partial charge in [-0.3, -0.25) is 38.6 Å². The molecule has 2 saturated heterocycles. The van der Waals surface area contributed by atoms with Crippen molar-refractivity contribution in [2.75, 3.05) is 41.4 Å². The average Bonchev–Trinajstić information content (AvgIpc) is 4.32. The molecule has 450 valence electrons. The Morgan fingerprint density at radius 1 is 0.610 bits per heavy atom. The molecular weight excluding hydrogens is 1070 g/mol. The third kappa shape index (κ3) is 14.8. The van der Waals surface area contributed by atoms with E-state index >= 15 is 18.4 Å². The van der Waals surface area contributed by atoms with Crippen molar-refractivity contribution in [1.29, 1.82) is 0 Å². The number of nitrogens with zero attached hydrogens (tertiary/aromatic N) is 4. The fraction of sp³-hybridized carbons (Fsp3) is 0.586. The second-order valence-electron chi connectivity index (χ2n) is 23.2. The number of aromatic amines is 2. The minimum absolute atomic E-state index is 0.0461. The van der Waals surface area contributed by atoms with Crippen LogP contribution in [-0.4, -0.2) is 191 Å². The summed E-state index contributed by atoms with van der Waals surface area (Å²) in [6.07, 6.45) is -4.87. The van der Waals surface area contributed by atoms with Gasteiger partial charge in [0, 0.05) is 89.9 Å². The van der Waals surface area contributed by atoms with Crippen molar-refractivity contribution in [3.05, 3.63) is 59.2 Å². The van der Waals surface area contributed by atoms with Gasteiger partial charge in [-0.15, -0.1) is 0 Å². The third-order valence-corrected chi connectivity index (χ3v) is 15.1. The number of likely N-dealkylation sites (tertiary alicyclic amines) is 2. The van der Waals surface area contributed by atoms with Crippen LogP contribution in [0.3, 0.4) is 0 Å². The normalized spacial score (nSPS) is 19.6. The van der Waals surface area contributed by atoms with Gasteiger partial charge >= 0.3 is 24.1 Å². The van der Waals surface area contributed by atoms with E-state index < -0.39 is 131 Å². The molecule has 4 N–H and O–H groups in total. The van der Waals surface area contributed by atoms with Crippen molar-refractivity contribution in [3.8, 4) is 11.4 Å². The largest absolute Gasteiger partial charge is 0.460 e. The maximum Gasteiger partial charge on any atom is 0.410 e. The summed E-state index contributed by atoms with van der Waals surface area (Å²) < 4.78 is 64.7. The highest BCUT2D eigenvalue weighted by molar-refractivity contribution is 5.97. The van der Waals surface area contributed by atoms with Crippen LogP contribution in [0.5, 0.6) is 0 Å². The number of rotatable bonds is 19. The Balaban J connectivity index is 1.44. The molecule has 0 spiro atoms. The standard InChI is InChI=1S/C58H80F2N8O14/c1-29(65(13)55(75)81-57(7,8)9)51(71)63-47(31(3)77-15)53(73)67-23-21-45(79-33(5)69)43(67)27-39-37-19-17-35(59)25-41(37)61-49(39)50-40(38-20-18-36(60)26-42(38)62-50)28-44-46(80-34(6)70)22-24-68(44)54(74)48(32(4)78-16)64-52(72)30(2)66(14)56(76)82-58(10,11)12/h17-20,25-26,29-32,43-48,61-62H,21-24,27-28H2,1-16H3,(H,63,71)(H,64,72)/t29-,30-,31+,32+,43+,44+,45-,46-,47-,48-/m0/s1. The molecule has 0 saturated carbocycles. The zero-order chi connectivity index (χ0) is 61.0. The van der Waals surface area contributed by atoms with Gasteiger partial charge < -0.3 is 58.8 Å². The number of carbonyl (C=O) groups is 8. The van der Waals surface area contributed by atoms with E-state index in [2.05, 4.69) is 20.6 Å². The molecule has 0 aliphatic carbocycles. The predicted octanol–water partition coefficient (Wildman–Crippen LogP) is 6.29. The number of H-pyrrole nitrogens is 2. The van der Waals surface area contributed by atoms with E-state index in [-0.39, 0.29) is 38.8 Å². The molecule has 2 fully saturated rings. The van der Waals surface area contributed by atoms with Gasteiger partial charge in [-0.05, 0) is 130 Å². The van der Waals surface area contributed by atoms with Crippen molar-refractivity contribution in [1.82, 2.24) is 40.2 Å². The molecule has 2 aliphatic heterocycles. The van der Waals surface area contributed by atoms with Crippen LogP contribution in [0.4, 0.5) is 18.4 Å². The summed E-state index contributed by atoms with van der Waals surface area (Å²) in [5.74, 6) is -4.96. The molecule has 24 heteroatoms. The molecule has 2 aromatic heterocycles. The molecule has 0 bridgehead atoms. The lowest BCUT2D eigenvalue weighted by Crippen LogP contribution is -2.59. The molecule has 2 aromatic carbocycles. The number of likely N-dealkylation sites (N-methyl/N-ethyl adjacent to an activating group) is 2. The van der Waals surface area contributed by atoms with Crippen molar-refractivity contribution < 1.29 is 75.6 Å². The number of amides is 6. The number of fused-ring (bicyclic) bond motifs is 2. The van der Waals surface area contributed by atoms with E-state index in [0.29, 0.717) is 44.3 Å². The molecule has 4 aromatic rings. The minimum atomic E-state index is -1.32. The SMILES string of the molecule is CO[C@H](C)[C@H](NC(=O)[C@H](C)N(C)C(=O)OC(C)(C)C)C(=O)N1CC[C@H](OC(C)=O)[C@H]1Cc1c(-c2[nH]c3cc(F)ccc3c2C[C@@H]2[C@@H](OC(C)=O)CCN2C(=O)[C@@H](NC(=O)[C@H](C)N(C)C(=O)OC(C)(C)C)[C@@H](C)OC)[nH]c2cc(F)ccc12. The molecular formula is C58H80F2N8O14. The summed E-state index contributed by atoms with van der Waals surface area (Å²) in [5, 5.41) is 6.59. The number of carbonyl (C=O) groups excluding carboxylic acids is 8. The summed E-state index contributed by atoms with van der Waals surface area (Å²) in [4.78, 5) is 122. The number of benzene rings is 2. The van der Waals surface area contributed by atoms with E-state index in [1.54, 1.807) is 67.5 Å². The molecule has 22 nitrogen and oxygen atoms in total. The number of ether oxygens (including phenoxy) is 6. The minimum Gasteiger partial charge on any atom is -0.460 e. The summed E-state index contributed by atoms with van der Waals surface area (Å²) in [5.41, 5.74) is 0.699. The van der Waals surface area contributed by atoms with Crippen molar-refractivity contribution in [2.24, 2.45) is 0 Å². The van der Waals surface area contributed by atoms with Gasteiger partial charge in [-0.1, -0.05) is 0 Å². The maximum atomic E-state index is 15.3. The zero-order valence-corrected chi connectivity index (χ0v) is 49.7. The second kappa shape index (κ2) is 25.8. The van der Waals surface area contributed by atoms with Gasteiger partial charge in [0.25, 0.3) is 0 Å². The Morgan fingerprint density at radius 2 is 0.951 bits per heavy atom. The summed E-state index contributed by atoms with van der Waals surface area (Å²) in [7, 11) is 5.55. The van der Waals surface area contributed by atoms with Gasteiger partial charge in [0.1, 0.15) is 59.2 Å². The highest BCUT2D eigenvalue weighted by atomic mass is 19.1. The van der Waals surface area contributed by atoms with Crippen molar-refractivity contribution >= 4 is 69.6 Å². The number of halogens is 2. The fourth-order valence-electron chi connectivity index (χ4n) is 10.4. The molecule has 2 aliphatic rings. The summed E-state index contributed by atoms with van der Waals surface area (Å²) in [6.45, 7) is 18.9. The van der Waals surface area contributed by atoms with Gasteiger partial charge in [-0.25, -0.2) is 18.4 Å². The van der Waals surface area contributed by atoms with Crippen molar-refractivity contribution in [2.45, 2.75) is 181 Å². The average molecular weight is 1150 g/mol. The first-order valence-electron chi connectivity index (χ1n) is 27.4. The molecule has 6 rings (SSSR count). The van der Waals surface area contributed by atoms with E-state index in [1.807, 2.05) is 0 Å². The molecule has 0 unspecified atom stereocenters. The van der Waals surface area contributed by atoms with Gasteiger partial charge in [0.2, 0.25) is 23.6 Å². The molecule has 10 atom stereocenters. The third-order valence-electron chi connectivity index (χ3n) is 15.1. The van der Waals surface area contributed by atoms with Gasteiger partial charge in [0.05, 0.1) is 35.7 Å².